The first kappa shape index (κ1) is 64.6. The Labute approximate surface area is 520 Å². The highest BCUT2D eigenvalue weighted by molar-refractivity contribution is 5.93. The van der Waals surface area contributed by atoms with Gasteiger partial charge in [-0.25, -0.2) is 33.6 Å². The van der Waals surface area contributed by atoms with Crippen molar-refractivity contribution in [1.82, 2.24) is 0 Å². The summed E-state index contributed by atoms with van der Waals surface area (Å²) in [5.74, 6) is -7.17. The molecule has 90 heavy (non-hydrogen) atoms. The van der Waals surface area contributed by atoms with Crippen molar-refractivity contribution >= 4 is 47.8 Å². The van der Waals surface area contributed by atoms with Gasteiger partial charge in [-0.05, 0) is 97.8 Å². The Morgan fingerprint density at radius 1 is 0.300 bits per heavy atom. The monoisotopic (exact) mass is 1220 g/mol. The van der Waals surface area contributed by atoms with Crippen LogP contribution in [-0.2, 0) is 52.2 Å². The van der Waals surface area contributed by atoms with Crippen LogP contribution in [0.15, 0.2) is 212 Å². The summed E-state index contributed by atoms with van der Waals surface area (Å²) in [7, 11) is 0. The molecule has 0 amide bonds. The number of carboxylic acids is 1. The Morgan fingerprint density at radius 2 is 0.578 bits per heavy atom. The molecule has 2 heterocycles. The number of carbonyl (C=O) groups excluding carboxylic acids is 7. The molecule has 0 aliphatic carbocycles. The van der Waals surface area contributed by atoms with Crippen LogP contribution >= 0.6 is 0 Å². The van der Waals surface area contributed by atoms with E-state index in [2.05, 4.69) is 0 Å². The fourth-order valence-electron chi connectivity index (χ4n) is 10.4. The van der Waals surface area contributed by atoms with E-state index in [0.29, 0.717) is 19.3 Å². The van der Waals surface area contributed by atoms with Crippen molar-refractivity contribution in [3.63, 3.8) is 0 Å². The van der Waals surface area contributed by atoms with Crippen LogP contribution < -0.4 is 0 Å². The standard InChI is InChI=1S/C71H68O19/c72-57(73)44-28-5-3-1-2-4-27-43-54-58(85-66(76)49-33-17-8-18-34-49)61(87-68(78)51-37-21-10-22-38-51)60(55(83-54)45-81-64(74)47-29-13-6-14-30-47)90-71-63(89-70(80)53-41-25-12-26-42-53)62(88-69(79)52-39-23-11-24-40-52)59(86-67(77)50-35-19-9-20-36-50)56(84-71)46-82-65(75)48-31-15-7-16-32-48/h6-26,29-42,54-56,58-63,71H,1-5,27-28,43-46H2,(H,72,73). The number of carbonyl (C=O) groups is 8. The lowest BCUT2D eigenvalue weighted by molar-refractivity contribution is -0.339. The Kier molecular flexibility index (Phi) is 23.7. The van der Waals surface area contributed by atoms with Gasteiger partial charge in [-0.2, -0.15) is 0 Å². The molecule has 19 nitrogen and oxygen atoms in total. The molecule has 2 fully saturated rings. The number of hydrogen-bond acceptors (Lipinski definition) is 18. The largest absolute Gasteiger partial charge is 0.481 e. The van der Waals surface area contributed by atoms with Gasteiger partial charge in [-0.15, -0.1) is 0 Å². The highest BCUT2D eigenvalue weighted by Gasteiger charge is 2.58. The van der Waals surface area contributed by atoms with Crippen LogP contribution in [0.1, 0.15) is 130 Å². The van der Waals surface area contributed by atoms with Crippen LogP contribution in [0, 0.1) is 0 Å². The topological polar surface area (TPSA) is 249 Å². The van der Waals surface area contributed by atoms with Gasteiger partial charge >= 0.3 is 47.8 Å². The lowest BCUT2D eigenvalue weighted by atomic mass is 9.90. The molecule has 7 aromatic rings. The molecule has 0 saturated carbocycles. The van der Waals surface area contributed by atoms with Crippen LogP contribution in [0.5, 0.6) is 0 Å². The molecule has 2 aliphatic heterocycles. The normalized spacial score (nSPS) is 21.1. The summed E-state index contributed by atoms with van der Waals surface area (Å²) in [5.41, 5.74) is 0.583. The van der Waals surface area contributed by atoms with Gasteiger partial charge in [0, 0.05) is 6.42 Å². The van der Waals surface area contributed by atoms with Gasteiger partial charge in [-0.1, -0.05) is 166 Å². The van der Waals surface area contributed by atoms with Gasteiger partial charge in [0.05, 0.1) is 45.0 Å². The van der Waals surface area contributed by atoms with Crippen molar-refractivity contribution in [3.05, 3.63) is 251 Å². The molecular weight excluding hydrogens is 1160 g/mol. The number of unbranched alkanes of at least 4 members (excludes halogenated alkanes) is 6. The summed E-state index contributed by atoms with van der Waals surface area (Å²) in [5, 5.41) is 9.14. The molecule has 7 aromatic carbocycles. The Morgan fingerprint density at radius 3 is 0.933 bits per heavy atom. The Bertz CT molecular complexity index is 3450. The van der Waals surface area contributed by atoms with Crippen molar-refractivity contribution in [1.29, 1.82) is 0 Å². The van der Waals surface area contributed by atoms with Crippen molar-refractivity contribution < 1.29 is 90.8 Å². The van der Waals surface area contributed by atoms with E-state index in [-0.39, 0.29) is 51.8 Å². The number of ether oxygens (including phenoxy) is 10. The summed E-state index contributed by atoms with van der Waals surface area (Å²) in [6, 6.07) is 55.5. The van der Waals surface area contributed by atoms with E-state index < -0.39 is 122 Å². The fraction of sp³-hybridized carbons (Fsp3) is 0.296. The van der Waals surface area contributed by atoms with E-state index >= 15 is 0 Å². The van der Waals surface area contributed by atoms with E-state index in [4.69, 9.17) is 52.5 Å². The molecule has 0 aromatic heterocycles. The average Bonchev–Trinajstić information content (AvgIpc) is 0.950. The SMILES string of the molecule is O=C(O)CCCCCCCCCC1OC(COC(=O)c2ccccc2)C(OC2OC(COC(=O)c3ccccc3)C(OC(=O)c3ccccc3)C(OC(=O)c3ccccc3)C2OC(=O)c2ccccc2)C(OC(=O)c2ccccc2)C1OC(=O)c1ccccc1. The second kappa shape index (κ2) is 33.0. The first-order valence-electron chi connectivity index (χ1n) is 29.8. The predicted octanol–water partition coefficient (Wildman–Crippen LogP) is 11.3. The summed E-state index contributed by atoms with van der Waals surface area (Å²) in [4.78, 5) is 112. The molecular formula is C71H68O19. The quantitative estimate of drug-likeness (QED) is 0.0272. The maximum absolute atomic E-state index is 14.8. The molecule has 19 heteroatoms. The van der Waals surface area contributed by atoms with Crippen LogP contribution in [0.3, 0.4) is 0 Å². The van der Waals surface area contributed by atoms with Gasteiger partial charge in [0.2, 0.25) is 0 Å². The molecule has 466 valence electrons. The summed E-state index contributed by atoms with van der Waals surface area (Å²) in [6.07, 6.45) is -11.9. The first-order chi connectivity index (χ1) is 43.9. The molecule has 10 atom stereocenters. The minimum atomic E-state index is -2.03. The molecule has 0 bridgehead atoms. The van der Waals surface area contributed by atoms with Gasteiger partial charge in [-0.3, -0.25) is 4.79 Å². The van der Waals surface area contributed by atoms with E-state index in [1.807, 2.05) is 0 Å². The fourth-order valence-corrected chi connectivity index (χ4v) is 10.4. The predicted molar refractivity (Wildman–Crippen MR) is 323 cm³/mol. The van der Waals surface area contributed by atoms with E-state index in [1.54, 1.807) is 140 Å². The third kappa shape index (κ3) is 18.2. The van der Waals surface area contributed by atoms with E-state index in [1.165, 1.54) is 72.8 Å². The molecule has 0 spiro atoms. The summed E-state index contributed by atoms with van der Waals surface area (Å²) < 4.78 is 65.0. The molecule has 10 unspecified atom stereocenters. The number of aliphatic carboxylic acids is 1. The van der Waals surface area contributed by atoms with Gasteiger partial charge < -0.3 is 52.5 Å². The second-order valence-electron chi connectivity index (χ2n) is 21.4. The Balaban J connectivity index is 1.18. The van der Waals surface area contributed by atoms with E-state index in [0.717, 1.165) is 25.7 Å². The highest BCUT2D eigenvalue weighted by atomic mass is 16.8. The zero-order valence-corrected chi connectivity index (χ0v) is 49.1. The van der Waals surface area contributed by atoms with Crippen LogP contribution in [-0.4, -0.2) is 127 Å². The van der Waals surface area contributed by atoms with Crippen molar-refractivity contribution in [2.24, 2.45) is 0 Å². The summed E-state index contributed by atoms with van der Waals surface area (Å²) >= 11 is 0. The maximum Gasteiger partial charge on any atom is 0.338 e. The minimum absolute atomic E-state index is 0.0106. The third-order valence-corrected chi connectivity index (χ3v) is 15.0. The number of hydrogen-bond donors (Lipinski definition) is 1. The van der Waals surface area contributed by atoms with Crippen LogP contribution in [0.25, 0.3) is 0 Å². The van der Waals surface area contributed by atoms with E-state index in [9.17, 15) is 38.4 Å². The minimum Gasteiger partial charge on any atom is -0.481 e. The van der Waals surface area contributed by atoms with Crippen LogP contribution in [0.4, 0.5) is 0 Å². The molecule has 0 radical (unpaired) electrons. The number of esters is 7. The zero-order valence-electron chi connectivity index (χ0n) is 49.1. The van der Waals surface area contributed by atoms with Crippen LogP contribution in [0.2, 0.25) is 0 Å². The average molecular weight is 1230 g/mol. The molecule has 2 saturated heterocycles. The van der Waals surface area contributed by atoms with Gasteiger partial charge in [0.15, 0.2) is 36.8 Å². The molecule has 1 N–H and O–H groups in total. The lowest BCUT2D eigenvalue weighted by Gasteiger charge is -2.49. The number of benzene rings is 7. The lowest BCUT2D eigenvalue weighted by Crippen LogP contribution is -2.67. The Hall–Kier alpha value is -9.82. The second-order valence-corrected chi connectivity index (χ2v) is 21.4. The van der Waals surface area contributed by atoms with Crippen molar-refractivity contribution in [2.45, 2.75) is 119 Å². The van der Waals surface area contributed by atoms with Crippen molar-refractivity contribution in [3.8, 4) is 0 Å². The van der Waals surface area contributed by atoms with Crippen molar-refractivity contribution in [2.75, 3.05) is 13.2 Å². The smallest absolute Gasteiger partial charge is 0.338 e. The zero-order chi connectivity index (χ0) is 63.0. The van der Waals surface area contributed by atoms with Gasteiger partial charge in [0.25, 0.3) is 0 Å². The number of carboxylic acid groups (broad SMARTS) is 1. The third-order valence-electron chi connectivity index (χ3n) is 15.0. The highest BCUT2D eigenvalue weighted by Crippen LogP contribution is 2.38. The molecule has 9 rings (SSSR count). The van der Waals surface area contributed by atoms with Gasteiger partial charge in [0.1, 0.15) is 31.5 Å². The maximum atomic E-state index is 14.8. The first-order valence-corrected chi connectivity index (χ1v) is 29.8. The number of rotatable bonds is 28. The summed E-state index contributed by atoms with van der Waals surface area (Å²) in [6.45, 7) is -1.35. The molecule has 2 aliphatic rings.